The Labute approximate surface area is 113 Å². The standard InChI is InChI=1S/C14H19ClN2O/c1-9-6-7-10(8-11(9)15)14-12(16)4-3-5-13(18)17(14)2/h6-8,12,14H,3-5,16H2,1-2H3. The van der Waals surface area contributed by atoms with E-state index < -0.39 is 0 Å². The Hall–Kier alpha value is -1.06. The molecule has 1 saturated heterocycles. The van der Waals surface area contributed by atoms with Crippen LogP contribution >= 0.6 is 11.6 Å². The Morgan fingerprint density at radius 1 is 1.44 bits per heavy atom. The molecule has 1 aliphatic heterocycles. The first kappa shape index (κ1) is 13.4. The van der Waals surface area contributed by atoms with Crippen molar-refractivity contribution >= 4 is 17.5 Å². The average Bonchev–Trinajstić information content (AvgIpc) is 2.44. The molecule has 0 saturated carbocycles. The van der Waals surface area contributed by atoms with E-state index in [-0.39, 0.29) is 18.0 Å². The van der Waals surface area contributed by atoms with Crippen molar-refractivity contribution in [1.82, 2.24) is 4.90 Å². The van der Waals surface area contributed by atoms with E-state index >= 15 is 0 Å². The number of likely N-dealkylation sites (tertiary alicyclic amines) is 1. The molecule has 98 valence electrons. The zero-order valence-corrected chi connectivity index (χ0v) is 11.6. The average molecular weight is 267 g/mol. The molecule has 2 rings (SSSR count). The van der Waals surface area contributed by atoms with Crippen molar-refractivity contribution in [2.24, 2.45) is 5.73 Å². The molecule has 2 unspecified atom stereocenters. The quantitative estimate of drug-likeness (QED) is 0.849. The Morgan fingerprint density at radius 2 is 2.17 bits per heavy atom. The number of benzene rings is 1. The molecule has 0 radical (unpaired) electrons. The number of hydrogen-bond acceptors (Lipinski definition) is 2. The topological polar surface area (TPSA) is 46.3 Å². The van der Waals surface area contributed by atoms with Crippen LogP contribution in [0.5, 0.6) is 0 Å². The highest BCUT2D eigenvalue weighted by Gasteiger charge is 2.30. The van der Waals surface area contributed by atoms with Gasteiger partial charge in [0.1, 0.15) is 0 Å². The number of rotatable bonds is 1. The van der Waals surface area contributed by atoms with E-state index in [4.69, 9.17) is 17.3 Å². The molecule has 0 spiro atoms. The van der Waals surface area contributed by atoms with Crippen LogP contribution in [-0.4, -0.2) is 23.9 Å². The lowest BCUT2D eigenvalue weighted by Crippen LogP contribution is -2.39. The van der Waals surface area contributed by atoms with Crippen molar-refractivity contribution < 1.29 is 4.79 Å². The number of hydrogen-bond donors (Lipinski definition) is 1. The maximum absolute atomic E-state index is 11.9. The van der Waals surface area contributed by atoms with Crippen molar-refractivity contribution in [1.29, 1.82) is 0 Å². The predicted octanol–water partition coefficient (Wildman–Crippen LogP) is 2.66. The van der Waals surface area contributed by atoms with E-state index in [1.54, 1.807) is 4.90 Å². The highest BCUT2D eigenvalue weighted by atomic mass is 35.5. The van der Waals surface area contributed by atoms with Crippen LogP contribution < -0.4 is 5.73 Å². The second kappa shape index (κ2) is 5.29. The van der Waals surface area contributed by atoms with Crippen LogP contribution in [0.3, 0.4) is 0 Å². The van der Waals surface area contributed by atoms with Gasteiger partial charge in [0.05, 0.1) is 6.04 Å². The summed E-state index contributed by atoms with van der Waals surface area (Å²) in [4.78, 5) is 13.7. The fourth-order valence-electron chi connectivity index (χ4n) is 2.53. The summed E-state index contributed by atoms with van der Waals surface area (Å²) in [5, 5.41) is 0.727. The molecule has 2 atom stereocenters. The molecule has 1 aliphatic rings. The lowest BCUT2D eigenvalue weighted by molar-refractivity contribution is -0.131. The Balaban J connectivity index is 2.38. The maximum atomic E-state index is 11.9. The third kappa shape index (κ3) is 2.52. The van der Waals surface area contributed by atoms with Gasteiger partial charge in [0.25, 0.3) is 0 Å². The minimum atomic E-state index is -0.0712. The smallest absolute Gasteiger partial charge is 0.222 e. The van der Waals surface area contributed by atoms with Gasteiger partial charge in [0.15, 0.2) is 0 Å². The van der Waals surface area contributed by atoms with Crippen LogP contribution in [0.15, 0.2) is 18.2 Å². The fourth-order valence-corrected chi connectivity index (χ4v) is 2.72. The molecule has 1 aromatic rings. The van der Waals surface area contributed by atoms with Gasteiger partial charge < -0.3 is 10.6 Å². The summed E-state index contributed by atoms with van der Waals surface area (Å²) in [6.07, 6.45) is 2.31. The molecule has 1 amide bonds. The van der Waals surface area contributed by atoms with E-state index in [1.165, 1.54) is 0 Å². The third-order valence-corrected chi connectivity index (χ3v) is 4.09. The van der Waals surface area contributed by atoms with Crippen LogP contribution in [-0.2, 0) is 4.79 Å². The van der Waals surface area contributed by atoms with Gasteiger partial charge in [0.2, 0.25) is 5.91 Å². The van der Waals surface area contributed by atoms with E-state index in [9.17, 15) is 4.79 Å². The van der Waals surface area contributed by atoms with Gasteiger partial charge in [-0.05, 0) is 37.0 Å². The van der Waals surface area contributed by atoms with Crippen molar-refractivity contribution in [3.8, 4) is 0 Å². The number of carbonyl (C=O) groups excluding carboxylic acids is 1. The molecule has 3 nitrogen and oxygen atoms in total. The highest BCUT2D eigenvalue weighted by Crippen LogP contribution is 2.31. The SMILES string of the molecule is Cc1ccc(C2C(N)CCCC(=O)N2C)cc1Cl. The molecule has 1 fully saturated rings. The summed E-state index contributed by atoms with van der Waals surface area (Å²) in [6, 6.07) is 5.82. The summed E-state index contributed by atoms with van der Waals surface area (Å²) in [5.74, 6) is 0.157. The molecular weight excluding hydrogens is 248 g/mol. The largest absolute Gasteiger partial charge is 0.337 e. The molecule has 1 heterocycles. The summed E-state index contributed by atoms with van der Waals surface area (Å²) in [7, 11) is 1.83. The van der Waals surface area contributed by atoms with Crippen LogP contribution in [0.25, 0.3) is 0 Å². The number of carbonyl (C=O) groups is 1. The molecule has 4 heteroatoms. The van der Waals surface area contributed by atoms with Crippen molar-refractivity contribution in [3.63, 3.8) is 0 Å². The monoisotopic (exact) mass is 266 g/mol. The predicted molar refractivity (Wildman–Crippen MR) is 73.5 cm³/mol. The minimum absolute atomic E-state index is 0.0276. The van der Waals surface area contributed by atoms with E-state index in [0.717, 1.165) is 29.0 Å². The Morgan fingerprint density at radius 3 is 2.83 bits per heavy atom. The second-order valence-corrected chi connectivity index (χ2v) is 5.42. The highest BCUT2D eigenvalue weighted by molar-refractivity contribution is 6.31. The first-order chi connectivity index (χ1) is 8.50. The normalized spacial score (nSPS) is 25.1. The van der Waals surface area contributed by atoms with E-state index in [0.29, 0.717) is 6.42 Å². The number of aryl methyl sites for hydroxylation is 1. The number of amides is 1. The molecule has 0 aromatic heterocycles. The second-order valence-electron chi connectivity index (χ2n) is 5.01. The molecule has 1 aromatic carbocycles. The van der Waals surface area contributed by atoms with E-state index in [2.05, 4.69) is 0 Å². The van der Waals surface area contributed by atoms with Gasteiger partial charge in [-0.3, -0.25) is 4.79 Å². The Kier molecular flexibility index (Phi) is 3.93. The zero-order valence-electron chi connectivity index (χ0n) is 10.8. The van der Waals surface area contributed by atoms with Crippen LogP contribution in [0, 0.1) is 6.92 Å². The van der Waals surface area contributed by atoms with Gasteiger partial charge in [-0.1, -0.05) is 23.7 Å². The van der Waals surface area contributed by atoms with Crippen molar-refractivity contribution in [3.05, 3.63) is 34.3 Å². The Bertz CT molecular complexity index is 461. The van der Waals surface area contributed by atoms with Gasteiger partial charge in [-0.2, -0.15) is 0 Å². The maximum Gasteiger partial charge on any atom is 0.222 e. The van der Waals surface area contributed by atoms with Crippen LogP contribution in [0.1, 0.15) is 36.4 Å². The first-order valence-corrected chi connectivity index (χ1v) is 6.66. The summed E-state index contributed by atoms with van der Waals surface area (Å²) < 4.78 is 0. The number of likely N-dealkylation sites (N-methyl/N-ethyl adjacent to an activating group) is 1. The lowest BCUT2D eigenvalue weighted by Gasteiger charge is -2.31. The summed E-state index contributed by atoms with van der Waals surface area (Å²) >= 11 is 6.16. The van der Waals surface area contributed by atoms with Crippen LogP contribution in [0.2, 0.25) is 5.02 Å². The van der Waals surface area contributed by atoms with Gasteiger partial charge in [-0.25, -0.2) is 0 Å². The molecule has 2 N–H and O–H groups in total. The first-order valence-electron chi connectivity index (χ1n) is 6.28. The van der Waals surface area contributed by atoms with Gasteiger partial charge >= 0.3 is 0 Å². The van der Waals surface area contributed by atoms with Crippen LogP contribution in [0.4, 0.5) is 0 Å². The molecule has 0 aliphatic carbocycles. The lowest BCUT2D eigenvalue weighted by atomic mass is 9.96. The summed E-state index contributed by atoms with van der Waals surface area (Å²) in [6.45, 7) is 1.97. The van der Waals surface area contributed by atoms with Crippen molar-refractivity contribution in [2.75, 3.05) is 7.05 Å². The number of nitrogens with zero attached hydrogens (tertiary/aromatic N) is 1. The number of halogens is 1. The fraction of sp³-hybridized carbons (Fsp3) is 0.500. The molecule has 18 heavy (non-hydrogen) atoms. The zero-order chi connectivity index (χ0) is 13.3. The van der Waals surface area contributed by atoms with E-state index in [1.807, 2.05) is 32.2 Å². The van der Waals surface area contributed by atoms with Gasteiger partial charge in [0, 0.05) is 24.5 Å². The van der Waals surface area contributed by atoms with Crippen molar-refractivity contribution in [2.45, 2.75) is 38.3 Å². The number of nitrogens with two attached hydrogens (primary N) is 1. The molecular formula is C14H19ClN2O. The molecule has 0 bridgehead atoms. The van der Waals surface area contributed by atoms with Gasteiger partial charge in [-0.15, -0.1) is 0 Å². The summed E-state index contributed by atoms with van der Waals surface area (Å²) in [5.41, 5.74) is 8.28. The third-order valence-electron chi connectivity index (χ3n) is 3.68. The minimum Gasteiger partial charge on any atom is -0.337 e.